The van der Waals surface area contributed by atoms with Crippen molar-refractivity contribution in [2.75, 3.05) is 0 Å². The quantitative estimate of drug-likeness (QED) is 0.0940. The zero-order valence-corrected chi connectivity index (χ0v) is 26.4. The van der Waals surface area contributed by atoms with E-state index in [-0.39, 0.29) is 63.5 Å². The summed E-state index contributed by atoms with van der Waals surface area (Å²) in [5.74, 6) is -8.26. The Labute approximate surface area is 290 Å². The van der Waals surface area contributed by atoms with Crippen LogP contribution in [0.4, 0.5) is 0 Å². The van der Waals surface area contributed by atoms with Gasteiger partial charge in [-0.1, -0.05) is 0 Å². The molecule has 4 atom stereocenters. The summed E-state index contributed by atoms with van der Waals surface area (Å²) in [5.41, 5.74) is -1.61. The van der Waals surface area contributed by atoms with Crippen LogP contribution in [0.1, 0.15) is 44.8 Å². The van der Waals surface area contributed by atoms with Gasteiger partial charge in [-0.15, -0.1) is 0 Å². The van der Waals surface area contributed by atoms with Gasteiger partial charge in [0.1, 0.15) is 46.7 Å². The van der Waals surface area contributed by atoms with Gasteiger partial charge in [0.2, 0.25) is 5.43 Å². The third kappa shape index (κ3) is 5.56. The lowest BCUT2D eigenvalue weighted by molar-refractivity contribution is -0.0195. The fourth-order valence-corrected chi connectivity index (χ4v) is 6.50. The Morgan fingerprint density at radius 3 is 1.81 bits per heavy atom. The minimum Gasteiger partial charge on any atom is -0.508 e. The standard InChI is InChI=1S/C36H28O16/c37-15-6-20(39)17-10-25(44)34(50-26(17)8-15)13-1-12-2-19(30(45)33(48)29(12)32(47)24(43)3-13)35-28(11-18-21(40)7-16(38)9-27(18)51-35)52-36(49)14-4-22(41)31(46)23(42)5-14/h1-9,25,28,34-35,37-42,44-46,48H,10-11H2,(H,43,47)/t25-,28-,34-,35-/m1/s1. The molecule has 2 heterocycles. The van der Waals surface area contributed by atoms with Gasteiger partial charge in [-0.2, -0.15) is 0 Å². The predicted molar refractivity (Wildman–Crippen MR) is 176 cm³/mol. The van der Waals surface area contributed by atoms with Crippen molar-refractivity contribution in [3.63, 3.8) is 0 Å². The molecule has 7 rings (SSSR count). The molecule has 52 heavy (non-hydrogen) atoms. The number of rotatable bonds is 4. The summed E-state index contributed by atoms with van der Waals surface area (Å²) in [6.07, 6.45) is -6.17. The molecule has 0 amide bonds. The van der Waals surface area contributed by atoms with E-state index in [0.717, 1.165) is 36.4 Å². The molecule has 0 aliphatic carbocycles. The molecular formula is C36H28O16. The third-order valence-corrected chi connectivity index (χ3v) is 8.97. The first-order valence-corrected chi connectivity index (χ1v) is 15.4. The van der Waals surface area contributed by atoms with Gasteiger partial charge in [0.05, 0.1) is 17.1 Å². The summed E-state index contributed by atoms with van der Waals surface area (Å²) in [4.78, 5) is 26.7. The average Bonchev–Trinajstić information content (AvgIpc) is 3.20. The molecule has 0 fully saturated rings. The van der Waals surface area contributed by atoms with Gasteiger partial charge in [-0.25, -0.2) is 4.79 Å². The van der Waals surface area contributed by atoms with E-state index in [1.807, 2.05) is 0 Å². The molecule has 16 nitrogen and oxygen atoms in total. The number of benzene rings is 4. The first-order chi connectivity index (χ1) is 24.6. The number of aliphatic hydroxyl groups is 1. The average molecular weight is 717 g/mol. The molecule has 16 heteroatoms. The van der Waals surface area contributed by atoms with Gasteiger partial charge in [-0.05, 0) is 41.3 Å². The van der Waals surface area contributed by atoms with E-state index >= 15 is 0 Å². The first kappa shape index (κ1) is 33.6. The molecule has 0 aromatic heterocycles. The smallest absolute Gasteiger partial charge is 0.338 e. The molecule has 0 bridgehead atoms. The third-order valence-electron chi connectivity index (χ3n) is 8.97. The van der Waals surface area contributed by atoms with Crippen LogP contribution in [-0.4, -0.2) is 74.3 Å². The molecule has 11 N–H and O–H groups in total. The molecule has 268 valence electrons. The Hall–Kier alpha value is -6.94. The summed E-state index contributed by atoms with van der Waals surface area (Å²) in [6.45, 7) is 0. The van der Waals surface area contributed by atoms with Crippen LogP contribution in [0.25, 0.3) is 10.8 Å². The number of carbonyl (C=O) groups excluding carboxylic acids is 1. The van der Waals surface area contributed by atoms with Crippen molar-refractivity contribution in [2.24, 2.45) is 0 Å². The van der Waals surface area contributed by atoms with E-state index in [2.05, 4.69) is 0 Å². The zero-order chi connectivity index (χ0) is 37.3. The van der Waals surface area contributed by atoms with E-state index < -0.39 is 92.8 Å². The van der Waals surface area contributed by atoms with Gasteiger partial charge in [0.15, 0.2) is 40.6 Å². The number of aliphatic hydroxyl groups excluding tert-OH is 1. The number of esters is 1. The van der Waals surface area contributed by atoms with Crippen molar-refractivity contribution < 1.29 is 75.2 Å². The lowest BCUT2D eigenvalue weighted by Gasteiger charge is -2.34. The fourth-order valence-electron chi connectivity index (χ4n) is 6.50. The normalized spacial score (nSPS) is 19.2. The summed E-state index contributed by atoms with van der Waals surface area (Å²) in [5, 5.41) is 114. The maximum Gasteiger partial charge on any atom is 0.338 e. The van der Waals surface area contributed by atoms with Crippen LogP contribution in [0.3, 0.4) is 0 Å². The van der Waals surface area contributed by atoms with Crippen LogP contribution in [0.2, 0.25) is 0 Å². The maximum absolute atomic E-state index is 13.4. The number of hydrogen-bond acceptors (Lipinski definition) is 16. The second-order valence-electron chi connectivity index (χ2n) is 12.4. The lowest BCUT2D eigenvalue weighted by atomic mass is 9.91. The van der Waals surface area contributed by atoms with Gasteiger partial charge in [0.25, 0.3) is 0 Å². The monoisotopic (exact) mass is 716 g/mol. The van der Waals surface area contributed by atoms with Gasteiger partial charge in [0, 0.05) is 53.8 Å². The molecule has 2 aliphatic rings. The summed E-state index contributed by atoms with van der Waals surface area (Å²) >= 11 is 0. The minimum absolute atomic E-state index is 0.00679. The molecule has 0 unspecified atom stereocenters. The van der Waals surface area contributed by atoms with Gasteiger partial charge >= 0.3 is 5.97 Å². The highest BCUT2D eigenvalue weighted by Crippen LogP contribution is 2.49. The van der Waals surface area contributed by atoms with Crippen LogP contribution in [0, 0.1) is 0 Å². The number of fused-ring (bicyclic) bond motifs is 3. The van der Waals surface area contributed by atoms with Gasteiger partial charge < -0.3 is 70.4 Å². The number of phenolic OH excluding ortho intramolecular Hbond substituents is 9. The van der Waals surface area contributed by atoms with Crippen LogP contribution >= 0.6 is 0 Å². The summed E-state index contributed by atoms with van der Waals surface area (Å²) < 4.78 is 17.6. The van der Waals surface area contributed by atoms with Crippen molar-refractivity contribution in [3.8, 4) is 69.0 Å². The minimum atomic E-state index is -1.56. The zero-order valence-electron chi connectivity index (χ0n) is 26.4. The summed E-state index contributed by atoms with van der Waals surface area (Å²) in [7, 11) is 0. The number of ether oxygens (including phenoxy) is 3. The molecule has 0 radical (unpaired) electrons. The lowest BCUT2D eigenvalue weighted by Crippen LogP contribution is -2.35. The number of phenols is 9. The van der Waals surface area contributed by atoms with Crippen molar-refractivity contribution >= 4 is 16.7 Å². The molecular weight excluding hydrogens is 688 g/mol. The highest BCUT2D eigenvalue weighted by Gasteiger charge is 2.40. The molecule has 0 saturated heterocycles. The number of aromatic hydroxyl groups is 10. The Morgan fingerprint density at radius 1 is 0.615 bits per heavy atom. The van der Waals surface area contributed by atoms with Crippen LogP contribution in [0.15, 0.2) is 59.4 Å². The Morgan fingerprint density at radius 2 is 1.19 bits per heavy atom. The van der Waals surface area contributed by atoms with Crippen LogP contribution in [0.5, 0.6) is 69.0 Å². The molecule has 0 saturated carbocycles. The van der Waals surface area contributed by atoms with Crippen LogP contribution < -0.4 is 14.9 Å². The van der Waals surface area contributed by atoms with E-state index in [1.165, 1.54) is 18.2 Å². The Bertz CT molecular complexity index is 2370. The SMILES string of the molecule is O=C(O[C@@H]1Cc2c(O)cc(O)cc2O[C@@H]1c1cc2cc([C@H]3Oc4cc(O)cc(O)c4C[C@H]3O)cc(O)c(=O)c2c(O)c1O)c1cc(O)c(O)c(O)c1. The molecule has 5 aromatic carbocycles. The predicted octanol–water partition coefficient (Wildman–Crippen LogP) is 3.19. The second-order valence-corrected chi connectivity index (χ2v) is 12.4. The highest BCUT2D eigenvalue weighted by atomic mass is 16.6. The second kappa shape index (κ2) is 12.1. The Kier molecular flexibility index (Phi) is 7.83. The molecule has 0 spiro atoms. The van der Waals surface area contributed by atoms with Crippen molar-refractivity contribution in [2.45, 2.75) is 37.3 Å². The highest BCUT2D eigenvalue weighted by molar-refractivity contribution is 5.93. The maximum atomic E-state index is 13.4. The van der Waals surface area contributed by atoms with Gasteiger partial charge in [-0.3, -0.25) is 4.79 Å². The fraction of sp³-hybridized carbons (Fsp3) is 0.167. The number of carbonyl (C=O) groups is 1. The van der Waals surface area contributed by atoms with E-state index in [4.69, 9.17) is 14.2 Å². The topological polar surface area (TPSA) is 284 Å². The van der Waals surface area contributed by atoms with Crippen molar-refractivity contribution in [1.82, 2.24) is 0 Å². The van der Waals surface area contributed by atoms with E-state index in [1.54, 1.807) is 0 Å². The molecule has 2 aliphatic heterocycles. The van der Waals surface area contributed by atoms with Crippen molar-refractivity contribution in [3.05, 3.63) is 92.6 Å². The summed E-state index contributed by atoms with van der Waals surface area (Å²) in [6, 6.07) is 9.44. The van der Waals surface area contributed by atoms with E-state index in [9.17, 15) is 65.8 Å². The van der Waals surface area contributed by atoms with E-state index in [0.29, 0.717) is 0 Å². The Balaban J connectivity index is 1.37. The van der Waals surface area contributed by atoms with Crippen molar-refractivity contribution in [1.29, 1.82) is 0 Å². The molecule has 5 aromatic rings. The first-order valence-electron chi connectivity index (χ1n) is 15.4. The number of hydrogen-bond donors (Lipinski definition) is 11. The van der Waals surface area contributed by atoms with Crippen LogP contribution in [-0.2, 0) is 17.6 Å². The largest absolute Gasteiger partial charge is 0.508 e.